The van der Waals surface area contributed by atoms with E-state index in [-0.39, 0.29) is 37.1 Å². The molecule has 0 spiro atoms. The molecular weight excluding hydrogens is 801 g/mol. The van der Waals surface area contributed by atoms with E-state index in [2.05, 4.69) is 167 Å². The zero-order valence-corrected chi connectivity index (χ0v) is 35.9. The third kappa shape index (κ3) is 8.65. The average Bonchev–Trinajstić information content (AvgIpc) is 3.24. The van der Waals surface area contributed by atoms with Gasteiger partial charge in [-0.1, -0.05) is 149 Å². The van der Waals surface area contributed by atoms with Gasteiger partial charge < -0.3 is 10.6 Å². The molecule has 0 N–H and O–H groups in total. The predicted molar refractivity (Wildman–Crippen MR) is 216 cm³/mol. The van der Waals surface area contributed by atoms with E-state index in [0.29, 0.717) is 23.9 Å². The number of hydrogen-bond donors (Lipinski definition) is 0. The van der Waals surface area contributed by atoms with E-state index < -0.39 is 0 Å². The normalized spacial score (nSPS) is 13.6. The molecule has 51 heavy (non-hydrogen) atoms. The summed E-state index contributed by atoms with van der Waals surface area (Å²) in [6.45, 7) is 31.0. The second-order valence-electron chi connectivity index (χ2n) is 17.1. The summed E-state index contributed by atoms with van der Waals surface area (Å²) in [7, 11) is 0. The van der Waals surface area contributed by atoms with Crippen LogP contribution in [0.3, 0.4) is 0 Å². The molecule has 0 aliphatic heterocycles. The van der Waals surface area contributed by atoms with Crippen molar-refractivity contribution in [2.75, 3.05) is 0 Å². The van der Waals surface area contributed by atoms with Crippen molar-refractivity contribution in [1.82, 2.24) is 9.97 Å². The Morgan fingerprint density at radius 2 is 1.33 bits per heavy atom. The van der Waals surface area contributed by atoms with E-state index in [9.17, 15) is 0 Å². The maximum Gasteiger partial charge on any atom is 3.00 e. The van der Waals surface area contributed by atoms with Crippen molar-refractivity contribution in [2.45, 2.75) is 132 Å². The van der Waals surface area contributed by atoms with Crippen LogP contribution in [0.25, 0.3) is 54.7 Å². The summed E-state index contributed by atoms with van der Waals surface area (Å²) in [5, 5.41) is 14.1. The Labute approximate surface area is 322 Å². The molecule has 5 aromatic rings. The fourth-order valence-electron chi connectivity index (χ4n) is 7.45. The molecule has 1 aliphatic rings. The first-order valence-corrected chi connectivity index (χ1v) is 18.7. The van der Waals surface area contributed by atoms with Crippen molar-refractivity contribution in [1.29, 1.82) is 0 Å². The fraction of sp³-hybridized carbons (Fsp3) is 0.478. The summed E-state index contributed by atoms with van der Waals surface area (Å²) in [5.74, 6) is 1.88. The summed E-state index contributed by atoms with van der Waals surface area (Å²) < 4.78 is 0. The molecule has 1 aromatic heterocycles. The minimum absolute atomic E-state index is 0. The Hall–Kier alpha value is -2.95. The summed E-state index contributed by atoms with van der Waals surface area (Å²) in [6, 6.07) is 26.7. The van der Waals surface area contributed by atoms with Gasteiger partial charge in [0.1, 0.15) is 5.82 Å². The van der Waals surface area contributed by atoms with Crippen LogP contribution < -0.4 is 0 Å². The molecule has 1 heterocycles. The Bertz CT molecular complexity index is 1970. The van der Waals surface area contributed by atoms with Crippen LogP contribution in [0.15, 0.2) is 60.7 Å². The van der Waals surface area contributed by atoms with Gasteiger partial charge in [0.05, 0.1) is 5.69 Å². The van der Waals surface area contributed by atoms with Crippen molar-refractivity contribution >= 4 is 21.5 Å². The number of aryl methyl sites for hydroxylation is 1. The van der Waals surface area contributed by atoms with E-state index >= 15 is 0 Å². The van der Waals surface area contributed by atoms with Crippen LogP contribution in [-0.2, 0) is 37.4 Å². The summed E-state index contributed by atoms with van der Waals surface area (Å²) in [4.78, 5) is 10.3. The molecule has 0 unspecified atom stereocenters. The Balaban J connectivity index is 0.000000388. The first-order valence-electron chi connectivity index (χ1n) is 18.7. The number of aromatic nitrogens is 2. The van der Waals surface area contributed by atoms with Gasteiger partial charge in [0.2, 0.25) is 0 Å². The van der Waals surface area contributed by atoms with Gasteiger partial charge in [0, 0.05) is 16.7 Å². The van der Waals surface area contributed by atoms with Crippen molar-refractivity contribution in [3.8, 4) is 22.5 Å². The number of hydrogen-bond acceptors (Lipinski definition) is 2. The molecule has 6 rings (SSSR count). The monoisotopic (exact) mass is 860 g/mol. The van der Waals surface area contributed by atoms with Crippen LogP contribution in [0.5, 0.6) is 0 Å². The standard InChI is InChI=1S/C36H37N2.C10H22N2.Ir/c1-21(2)17-28-26-15-11-9-14-24(26)19-30-31(28)34-32(36(30,7)8)33(37-22(3)38-34)25-18-23-13-10-12-16-27(23)29(20-25)35(4,5)6;1-7(2)10(11-8(3)4)12-9(5)6;/h9-16,19-21H,17H2,1-8H3;7-10H,1-6H3;/q-1;-2;+3. The molecule has 0 radical (unpaired) electrons. The summed E-state index contributed by atoms with van der Waals surface area (Å²) in [6.07, 6.45) is 1.21. The van der Waals surface area contributed by atoms with Gasteiger partial charge in [0.15, 0.2) is 0 Å². The van der Waals surface area contributed by atoms with Crippen LogP contribution in [0.4, 0.5) is 0 Å². The smallest absolute Gasteiger partial charge is 0.675 e. The van der Waals surface area contributed by atoms with Gasteiger partial charge in [0.25, 0.3) is 0 Å². The zero-order valence-electron chi connectivity index (χ0n) is 33.5. The van der Waals surface area contributed by atoms with Gasteiger partial charge in [-0.3, -0.25) is 4.98 Å². The molecule has 5 heteroatoms. The molecule has 0 saturated carbocycles. The topological polar surface area (TPSA) is 54.0 Å². The maximum absolute atomic E-state index is 5.16. The molecule has 4 nitrogen and oxygen atoms in total. The van der Waals surface area contributed by atoms with Crippen molar-refractivity contribution < 1.29 is 20.1 Å². The minimum Gasteiger partial charge on any atom is -0.675 e. The SMILES string of the molecule is CC(C)[N-]C([N-]C(C)C)C(C)C.Cc1nc(-c2[c-]c3ccccc3c(C(C)(C)C)c2)c2c(n1)-c1c(cc3ccccc3c1CC(C)C)C2(C)C.[Ir+3]. The Morgan fingerprint density at radius 3 is 1.90 bits per heavy atom. The second kappa shape index (κ2) is 16.0. The van der Waals surface area contributed by atoms with Crippen LogP contribution in [0.2, 0.25) is 0 Å². The molecule has 272 valence electrons. The third-order valence-electron chi connectivity index (χ3n) is 9.66. The first kappa shape index (κ1) is 40.8. The number of fused-ring (bicyclic) bond motifs is 5. The molecule has 0 atom stereocenters. The van der Waals surface area contributed by atoms with Gasteiger partial charge in [-0.25, -0.2) is 11.1 Å². The van der Waals surface area contributed by atoms with E-state index in [0.717, 1.165) is 34.6 Å². The number of benzene rings is 4. The van der Waals surface area contributed by atoms with Crippen molar-refractivity contribution in [3.63, 3.8) is 0 Å². The minimum atomic E-state index is -0.231. The average molecular weight is 860 g/mol. The van der Waals surface area contributed by atoms with Crippen molar-refractivity contribution in [2.24, 2.45) is 11.8 Å². The summed E-state index contributed by atoms with van der Waals surface area (Å²) in [5.41, 5.74) is 9.60. The molecule has 0 fully saturated rings. The number of rotatable bonds is 8. The Morgan fingerprint density at radius 1 is 0.765 bits per heavy atom. The van der Waals surface area contributed by atoms with E-state index in [1.165, 1.54) is 44.0 Å². The molecule has 0 amide bonds. The molecule has 1 aliphatic carbocycles. The molecule has 0 bridgehead atoms. The fourth-order valence-corrected chi connectivity index (χ4v) is 7.45. The predicted octanol–water partition coefficient (Wildman–Crippen LogP) is 12.9. The van der Waals surface area contributed by atoms with E-state index in [1.54, 1.807) is 0 Å². The van der Waals surface area contributed by atoms with Gasteiger partial charge in [-0.05, 0) is 58.2 Å². The van der Waals surface area contributed by atoms with Gasteiger partial charge >= 0.3 is 20.1 Å². The number of nitrogens with zero attached hydrogens (tertiary/aromatic N) is 4. The van der Waals surface area contributed by atoms with E-state index in [4.69, 9.17) is 9.97 Å². The maximum atomic E-state index is 5.16. The first-order chi connectivity index (χ1) is 23.4. The molecular formula is C46H59IrN4. The van der Waals surface area contributed by atoms with Crippen LogP contribution in [0.1, 0.15) is 118 Å². The van der Waals surface area contributed by atoms with E-state index in [1.807, 2.05) is 6.92 Å². The molecule has 4 aromatic carbocycles. The second-order valence-corrected chi connectivity index (χ2v) is 17.1. The third-order valence-corrected chi connectivity index (χ3v) is 9.66. The summed E-state index contributed by atoms with van der Waals surface area (Å²) >= 11 is 0. The quantitative estimate of drug-likeness (QED) is 0.146. The van der Waals surface area contributed by atoms with Crippen molar-refractivity contribution in [3.05, 3.63) is 105 Å². The van der Waals surface area contributed by atoms with Crippen LogP contribution in [0, 0.1) is 24.8 Å². The van der Waals surface area contributed by atoms with Gasteiger partial charge in [-0.2, -0.15) is 0 Å². The van der Waals surface area contributed by atoms with Crippen LogP contribution >= 0.6 is 0 Å². The largest absolute Gasteiger partial charge is 3.00 e. The van der Waals surface area contributed by atoms with Gasteiger partial charge in [-0.15, -0.1) is 41.2 Å². The Kier molecular flexibility index (Phi) is 12.8. The zero-order chi connectivity index (χ0) is 36.7. The van der Waals surface area contributed by atoms with Crippen LogP contribution in [-0.4, -0.2) is 28.2 Å². The molecule has 0 saturated heterocycles.